The molecule has 1 unspecified atom stereocenters. The van der Waals surface area contributed by atoms with E-state index in [0.717, 1.165) is 12.0 Å². The monoisotopic (exact) mass is 315 g/mol. The lowest BCUT2D eigenvalue weighted by atomic mass is 10.1. The van der Waals surface area contributed by atoms with Crippen LogP contribution in [-0.4, -0.2) is 34.5 Å². The predicted octanol–water partition coefficient (Wildman–Crippen LogP) is 3.41. The summed E-state index contributed by atoms with van der Waals surface area (Å²) in [6.07, 6.45) is 1.28. The number of nitrogens with zero attached hydrogens (tertiary/aromatic N) is 1. The van der Waals surface area contributed by atoms with Crippen molar-refractivity contribution >= 4 is 23.2 Å². The molecule has 5 heteroatoms. The first-order valence-electron chi connectivity index (χ1n) is 7.27. The lowest BCUT2D eigenvalue weighted by Gasteiger charge is -2.21. The van der Waals surface area contributed by atoms with E-state index in [-0.39, 0.29) is 5.91 Å². The summed E-state index contributed by atoms with van der Waals surface area (Å²) in [5.41, 5.74) is 1.62. The van der Waals surface area contributed by atoms with E-state index < -0.39 is 12.0 Å². The number of thiophene rings is 1. The van der Waals surface area contributed by atoms with Crippen molar-refractivity contribution in [3.63, 3.8) is 0 Å². The summed E-state index contributed by atoms with van der Waals surface area (Å²) in [7, 11) is 0. The van der Waals surface area contributed by atoms with Crippen LogP contribution >= 0.6 is 11.3 Å². The summed E-state index contributed by atoms with van der Waals surface area (Å²) in [5.74, 6) is -1.12. The molecule has 2 aromatic rings. The van der Waals surface area contributed by atoms with Crippen molar-refractivity contribution in [2.45, 2.75) is 25.8 Å². The van der Waals surface area contributed by atoms with Crippen molar-refractivity contribution in [3.05, 3.63) is 46.8 Å². The highest BCUT2D eigenvalue weighted by atomic mass is 32.1. The van der Waals surface area contributed by atoms with Crippen LogP contribution in [0.15, 0.2) is 36.4 Å². The number of aliphatic carboxylic acids is 1. The fraction of sp³-hybridized carbons (Fsp3) is 0.294. The molecule has 1 aliphatic heterocycles. The molecule has 0 spiro atoms. The Morgan fingerprint density at radius 1 is 1.18 bits per heavy atom. The van der Waals surface area contributed by atoms with Gasteiger partial charge < -0.3 is 10.0 Å². The Bertz CT molecular complexity index is 705. The molecule has 1 amide bonds. The first-order chi connectivity index (χ1) is 10.6. The molecule has 1 aromatic carbocycles. The lowest BCUT2D eigenvalue weighted by molar-refractivity contribution is -0.141. The van der Waals surface area contributed by atoms with Gasteiger partial charge in [0.25, 0.3) is 5.91 Å². The van der Waals surface area contributed by atoms with Crippen LogP contribution in [0.3, 0.4) is 0 Å². The molecule has 4 nitrogen and oxygen atoms in total. The van der Waals surface area contributed by atoms with Crippen molar-refractivity contribution in [1.29, 1.82) is 0 Å². The topological polar surface area (TPSA) is 57.6 Å². The van der Waals surface area contributed by atoms with Gasteiger partial charge in [0.2, 0.25) is 0 Å². The second kappa shape index (κ2) is 5.93. The van der Waals surface area contributed by atoms with Crippen LogP contribution < -0.4 is 0 Å². The Morgan fingerprint density at radius 2 is 1.91 bits per heavy atom. The first kappa shape index (κ1) is 14.8. The second-order valence-corrected chi connectivity index (χ2v) is 6.77. The molecule has 1 saturated heterocycles. The summed E-state index contributed by atoms with van der Waals surface area (Å²) in [4.78, 5) is 27.6. The number of hydrogen-bond acceptors (Lipinski definition) is 3. The van der Waals surface area contributed by atoms with Crippen molar-refractivity contribution in [3.8, 4) is 10.4 Å². The van der Waals surface area contributed by atoms with E-state index in [2.05, 4.69) is 19.1 Å². The van der Waals surface area contributed by atoms with Gasteiger partial charge in [0.05, 0.1) is 0 Å². The van der Waals surface area contributed by atoms with E-state index in [4.69, 9.17) is 0 Å². The van der Waals surface area contributed by atoms with Gasteiger partial charge in [-0.25, -0.2) is 4.79 Å². The zero-order valence-electron chi connectivity index (χ0n) is 12.3. The van der Waals surface area contributed by atoms with Crippen LogP contribution in [0, 0.1) is 6.92 Å². The SMILES string of the molecule is Cc1ccc(-c2ccc(C(=O)N3CCCC3C(=O)O)cc2)s1. The summed E-state index contributed by atoms with van der Waals surface area (Å²) >= 11 is 1.71. The molecule has 1 atom stereocenters. The minimum Gasteiger partial charge on any atom is -0.480 e. The van der Waals surface area contributed by atoms with Crippen LogP contribution in [-0.2, 0) is 4.79 Å². The average Bonchev–Trinajstić information content (AvgIpc) is 3.15. The summed E-state index contributed by atoms with van der Waals surface area (Å²) in [6, 6.07) is 10.9. The summed E-state index contributed by atoms with van der Waals surface area (Å²) in [5, 5.41) is 9.18. The Morgan fingerprint density at radius 3 is 2.50 bits per heavy atom. The minimum absolute atomic E-state index is 0.196. The number of carboxylic acids is 1. The standard InChI is InChI=1S/C17H17NO3S/c1-11-4-9-15(22-11)12-5-7-13(8-6-12)16(19)18-10-2-3-14(18)17(20)21/h4-9,14H,2-3,10H2,1H3,(H,20,21). The molecule has 3 rings (SSSR count). The number of aryl methyl sites for hydroxylation is 1. The predicted molar refractivity (Wildman–Crippen MR) is 86.2 cm³/mol. The highest BCUT2D eigenvalue weighted by molar-refractivity contribution is 7.15. The molecule has 0 bridgehead atoms. The Balaban J connectivity index is 1.80. The third kappa shape index (κ3) is 2.76. The lowest BCUT2D eigenvalue weighted by Crippen LogP contribution is -2.40. The third-order valence-corrected chi connectivity index (χ3v) is 5.01. The van der Waals surface area contributed by atoms with Crippen LogP contribution in [0.5, 0.6) is 0 Å². The third-order valence-electron chi connectivity index (χ3n) is 3.96. The quantitative estimate of drug-likeness (QED) is 0.944. The molecular formula is C17H17NO3S. The number of hydrogen-bond donors (Lipinski definition) is 1. The normalized spacial score (nSPS) is 17.7. The number of carbonyl (C=O) groups excluding carboxylic acids is 1. The van der Waals surface area contributed by atoms with Crippen molar-refractivity contribution in [2.75, 3.05) is 6.54 Å². The number of benzene rings is 1. The average molecular weight is 315 g/mol. The molecule has 0 saturated carbocycles. The van der Waals surface area contributed by atoms with Crippen molar-refractivity contribution in [1.82, 2.24) is 4.90 Å². The van der Waals surface area contributed by atoms with E-state index in [9.17, 15) is 14.7 Å². The highest BCUT2D eigenvalue weighted by Gasteiger charge is 2.34. The van der Waals surface area contributed by atoms with Gasteiger partial charge in [0.1, 0.15) is 6.04 Å². The minimum atomic E-state index is -0.920. The van der Waals surface area contributed by atoms with Gasteiger partial charge >= 0.3 is 5.97 Å². The molecule has 1 fully saturated rings. The maximum atomic E-state index is 12.5. The van der Waals surface area contributed by atoms with Gasteiger partial charge in [-0.2, -0.15) is 0 Å². The largest absolute Gasteiger partial charge is 0.480 e. The fourth-order valence-electron chi connectivity index (χ4n) is 2.80. The van der Waals surface area contributed by atoms with Crippen LogP contribution in [0.2, 0.25) is 0 Å². The molecule has 22 heavy (non-hydrogen) atoms. The van der Waals surface area contributed by atoms with Gasteiger partial charge in [-0.3, -0.25) is 4.79 Å². The molecule has 1 aromatic heterocycles. The molecule has 0 radical (unpaired) electrons. The van der Waals surface area contributed by atoms with Gasteiger partial charge in [0.15, 0.2) is 0 Å². The van der Waals surface area contributed by atoms with E-state index in [1.807, 2.05) is 12.1 Å². The van der Waals surface area contributed by atoms with Gasteiger partial charge in [-0.15, -0.1) is 11.3 Å². The zero-order valence-corrected chi connectivity index (χ0v) is 13.1. The molecule has 1 aliphatic rings. The summed E-state index contributed by atoms with van der Waals surface area (Å²) in [6.45, 7) is 2.58. The van der Waals surface area contributed by atoms with Crippen LogP contribution in [0.1, 0.15) is 28.1 Å². The molecule has 0 aliphatic carbocycles. The Labute approximate surface area is 133 Å². The number of carbonyl (C=O) groups is 2. The summed E-state index contributed by atoms with van der Waals surface area (Å²) < 4.78 is 0. The van der Waals surface area contributed by atoms with Gasteiger partial charge in [-0.05, 0) is 49.6 Å². The second-order valence-electron chi connectivity index (χ2n) is 5.48. The van der Waals surface area contributed by atoms with Gasteiger partial charge in [0, 0.05) is 21.9 Å². The number of carboxylic acid groups (broad SMARTS) is 1. The molecule has 114 valence electrons. The maximum Gasteiger partial charge on any atom is 0.326 e. The zero-order chi connectivity index (χ0) is 15.7. The van der Waals surface area contributed by atoms with Crippen molar-refractivity contribution < 1.29 is 14.7 Å². The van der Waals surface area contributed by atoms with Crippen LogP contribution in [0.4, 0.5) is 0 Å². The van der Waals surface area contributed by atoms with Crippen LogP contribution in [0.25, 0.3) is 10.4 Å². The fourth-order valence-corrected chi connectivity index (χ4v) is 3.67. The molecular weight excluding hydrogens is 298 g/mol. The molecule has 2 heterocycles. The number of amides is 1. The van der Waals surface area contributed by atoms with E-state index in [0.29, 0.717) is 18.5 Å². The Kier molecular flexibility index (Phi) is 3.98. The Hall–Kier alpha value is -2.14. The first-order valence-corrected chi connectivity index (χ1v) is 8.08. The van der Waals surface area contributed by atoms with E-state index >= 15 is 0 Å². The van der Waals surface area contributed by atoms with Crippen molar-refractivity contribution in [2.24, 2.45) is 0 Å². The maximum absolute atomic E-state index is 12.5. The van der Waals surface area contributed by atoms with E-state index in [1.54, 1.807) is 23.5 Å². The number of rotatable bonds is 3. The smallest absolute Gasteiger partial charge is 0.326 e. The highest BCUT2D eigenvalue weighted by Crippen LogP contribution is 2.28. The van der Waals surface area contributed by atoms with Gasteiger partial charge in [-0.1, -0.05) is 12.1 Å². The molecule has 1 N–H and O–H groups in total. The number of likely N-dealkylation sites (tertiary alicyclic amines) is 1. The van der Waals surface area contributed by atoms with E-state index in [1.165, 1.54) is 14.7 Å².